The van der Waals surface area contributed by atoms with E-state index in [0.29, 0.717) is 6.42 Å². The van der Waals surface area contributed by atoms with Gasteiger partial charge in [-0.25, -0.2) is 0 Å². The molecule has 6 aliphatic rings. The Kier molecular flexibility index (Phi) is 24.9. The van der Waals surface area contributed by atoms with E-state index in [9.17, 15) is 66.4 Å². The predicted octanol–water partition coefficient (Wildman–Crippen LogP) is -8.74. The Balaban J connectivity index is 1.12. The van der Waals surface area contributed by atoms with Crippen LogP contribution in [0, 0.1) is 0 Å². The first-order chi connectivity index (χ1) is 36.5. The second kappa shape index (κ2) is 29.7. The standard InChI is InChI=1S/C45H80O31/c1-8-9-65-40-24(54)35(60-3)29(17(11-47)67-40)73-42-26(56)37(62-5)31(19(13-49)69-42)75-44-28(58)39(64-7)33(21(15-51)71-44)76-45-27(57)38(63-6)32(20(14-50)70-45)74-43-25(55)36(61-4)30(18(12-48)68-43)72-41-23(53)34(59-2)22(52)16(10-46)66-41/h16-58H,8-15H2,1-7H3/t16-,17-,18-,19-,20-,21-,22-,23+,24+,25+,26+,27+,28+,29-,30-,31-,32-,33-,34+,35-,36-,37-,38-,39-,40+,41-,42-,43-,44-,45-/m1/s1. The van der Waals surface area contributed by atoms with Crippen LogP contribution in [0.4, 0.5) is 0 Å². The van der Waals surface area contributed by atoms with Gasteiger partial charge < -0.3 is 152 Å². The lowest BCUT2D eigenvalue weighted by molar-refractivity contribution is -0.398. The van der Waals surface area contributed by atoms with Crippen LogP contribution in [0.15, 0.2) is 0 Å². The van der Waals surface area contributed by atoms with E-state index >= 15 is 0 Å². The Morgan fingerprint density at radius 1 is 0.276 bits per heavy atom. The lowest BCUT2D eigenvalue weighted by atomic mass is 9.95. The van der Waals surface area contributed by atoms with Gasteiger partial charge >= 0.3 is 0 Å². The van der Waals surface area contributed by atoms with Crippen molar-refractivity contribution in [3.63, 3.8) is 0 Å². The summed E-state index contributed by atoms with van der Waals surface area (Å²) < 4.78 is 104. The number of rotatable bonds is 25. The highest BCUT2D eigenvalue weighted by Crippen LogP contribution is 2.38. The summed E-state index contributed by atoms with van der Waals surface area (Å²) in [7, 11) is 7.29. The number of aliphatic hydroxyl groups excluding tert-OH is 13. The molecule has 31 heteroatoms. The average molecular weight is 1120 g/mol. The minimum Gasteiger partial charge on any atom is -0.394 e. The van der Waals surface area contributed by atoms with Crippen molar-refractivity contribution < 1.29 is 152 Å². The topological polar surface area (TPSA) is 429 Å². The molecule has 0 bridgehead atoms. The summed E-state index contributed by atoms with van der Waals surface area (Å²) >= 11 is 0. The summed E-state index contributed by atoms with van der Waals surface area (Å²) in [4.78, 5) is 0. The summed E-state index contributed by atoms with van der Waals surface area (Å²) in [6.45, 7) is -2.45. The van der Waals surface area contributed by atoms with Crippen LogP contribution in [0.3, 0.4) is 0 Å². The van der Waals surface area contributed by atoms with E-state index in [1.807, 2.05) is 6.92 Å². The molecule has 0 aromatic heterocycles. The zero-order valence-corrected chi connectivity index (χ0v) is 43.1. The molecule has 0 amide bonds. The maximum atomic E-state index is 11.8. The molecule has 30 atom stereocenters. The van der Waals surface area contributed by atoms with Gasteiger partial charge in [-0.15, -0.1) is 0 Å². The summed E-state index contributed by atoms with van der Waals surface area (Å²) in [5, 5.41) is 141. The van der Waals surface area contributed by atoms with Gasteiger partial charge in [0.05, 0.1) is 39.6 Å². The molecule has 13 N–H and O–H groups in total. The lowest BCUT2D eigenvalue weighted by Crippen LogP contribution is -2.68. The quantitative estimate of drug-likeness (QED) is 0.0404. The molecule has 446 valence electrons. The SMILES string of the molecule is CCCO[C@H]1O[C@H](CO)[C@@H](O[C@H]2O[C@H](CO)[C@@H](O[C@H]3O[C@H](CO)[C@@H](O[C@H]4O[C@H](CO)[C@@H](O[C@H]5O[C@H](CO)[C@@H](O[C@H]6O[C@H](CO)[C@@H](O)[C@H](OC)[C@@H]6O)[C@H](OC)[C@@H]5O)[C@H](OC)[C@@H]4O)[C@H](OC)[C@@H]3O)[C@H](OC)[C@@H]2O)[C@H](OC)[C@@H]1O. The average Bonchev–Trinajstić information content (AvgIpc) is 3.42. The number of methoxy groups -OCH3 is 6. The minimum atomic E-state index is -1.81. The summed E-state index contributed by atoms with van der Waals surface area (Å²) in [6, 6.07) is 0. The first-order valence-electron chi connectivity index (χ1n) is 24.9. The Morgan fingerprint density at radius 3 is 0.711 bits per heavy atom. The maximum absolute atomic E-state index is 11.8. The van der Waals surface area contributed by atoms with Crippen LogP contribution in [-0.4, -0.2) is 340 Å². The van der Waals surface area contributed by atoms with Gasteiger partial charge in [0.1, 0.15) is 146 Å². The highest BCUT2D eigenvalue weighted by Gasteiger charge is 2.59. The number of aliphatic hydroxyl groups is 13. The third kappa shape index (κ3) is 13.5. The smallest absolute Gasteiger partial charge is 0.187 e. The monoisotopic (exact) mass is 1120 g/mol. The first kappa shape index (κ1) is 63.9. The molecule has 0 aromatic carbocycles. The van der Waals surface area contributed by atoms with Crippen molar-refractivity contribution in [3.8, 4) is 0 Å². The number of ether oxygens (including phenoxy) is 18. The van der Waals surface area contributed by atoms with Crippen LogP contribution < -0.4 is 0 Å². The van der Waals surface area contributed by atoms with Crippen molar-refractivity contribution in [3.05, 3.63) is 0 Å². The molecule has 6 heterocycles. The van der Waals surface area contributed by atoms with Gasteiger partial charge in [-0.2, -0.15) is 0 Å². The molecule has 6 saturated heterocycles. The Morgan fingerprint density at radius 2 is 0.487 bits per heavy atom. The molecular formula is C45H80O31. The van der Waals surface area contributed by atoms with Crippen molar-refractivity contribution >= 4 is 0 Å². The molecule has 76 heavy (non-hydrogen) atoms. The summed E-state index contributed by atoms with van der Waals surface area (Å²) in [5.74, 6) is 0. The van der Waals surface area contributed by atoms with Gasteiger partial charge in [-0.1, -0.05) is 6.92 Å². The van der Waals surface area contributed by atoms with Crippen LogP contribution in [0.2, 0.25) is 0 Å². The van der Waals surface area contributed by atoms with E-state index in [1.54, 1.807) is 0 Å². The van der Waals surface area contributed by atoms with E-state index in [2.05, 4.69) is 0 Å². The molecule has 6 fully saturated rings. The molecule has 6 aliphatic heterocycles. The molecule has 0 saturated carbocycles. The Bertz CT molecular complexity index is 1670. The van der Waals surface area contributed by atoms with Crippen molar-refractivity contribution in [2.75, 3.05) is 88.9 Å². The third-order valence-electron chi connectivity index (χ3n) is 14.4. The van der Waals surface area contributed by atoms with E-state index in [4.69, 9.17) is 85.3 Å². The van der Waals surface area contributed by atoms with Gasteiger partial charge in [0.2, 0.25) is 0 Å². The number of hydrogen-bond donors (Lipinski definition) is 13. The fraction of sp³-hybridized carbons (Fsp3) is 1.00. The van der Waals surface area contributed by atoms with E-state index in [1.165, 1.54) is 42.7 Å². The Labute approximate surface area is 437 Å². The largest absolute Gasteiger partial charge is 0.394 e. The van der Waals surface area contributed by atoms with Gasteiger partial charge in [-0.05, 0) is 6.42 Å². The van der Waals surface area contributed by atoms with Crippen LogP contribution in [0.25, 0.3) is 0 Å². The zero-order valence-electron chi connectivity index (χ0n) is 43.1. The molecule has 0 spiro atoms. The minimum absolute atomic E-state index is 0.231. The Hall–Kier alpha value is -1.24. The van der Waals surface area contributed by atoms with Crippen LogP contribution in [0.5, 0.6) is 0 Å². The van der Waals surface area contributed by atoms with Gasteiger partial charge in [0.25, 0.3) is 0 Å². The van der Waals surface area contributed by atoms with E-state index < -0.39 is 224 Å². The fourth-order valence-electron chi connectivity index (χ4n) is 10.4. The molecule has 6 rings (SSSR count). The fourth-order valence-corrected chi connectivity index (χ4v) is 10.4. The third-order valence-corrected chi connectivity index (χ3v) is 14.4. The highest BCUT2D eigenvalue weighted by molar-refractivity contribution is 5.01. The molecular weight excluding hydrogens is 1040 g/mol. The van der Waals surface area contributed by atoms with Crippen molar-refractivity contribution in [2.24, 2.45) is 0 Å². The molecule has 31 nitrogen and oxygen atoms in total. The lowest BCUT2D eigenvalue weighted by Gasteiger charge is -2.51. The normalized spacial score (nSPS) is 48.5. The zero-order chi connectivity index (χ0) is 55.7. The molecule has 0 radical (unpaired) electrons. The summed E-state index contributed by atoms with van der Waals surface area (Å²) in [6.07, 6.45) is -43.7. The second-order valence-electron chi connectivity index (χ2n) is 18.9. The van der Waals surface area contributed by atoms with E-state index in [0.717, 1.165) is 0 Å². The van der Waals surface area contributed by atoms with Crippen LogP contribution in [-0.2, 0) is 85.3 Å². The second-order valence-corrected chi connectivity index (χ2v) is 18.9. The van der Waals surface area contributed by atoms with Crippen molar-refractivity contribution in [2.45, 2.75) is 198 Å². The molecule has 0 unspecified atom stereocenters. The van der Waals surface area contributed by atoms with Gasteiger partial charge in [0, 0.05) is 49.3 Å². The van der Waals surface area contributed by atoms with Crippen molar-refractivity contribution in [1.82, 2.24) is 0 Å². The van der Waals surface area contributed by atoms with Crippen molar-refractivity contribution in [1.29, 1.82) is 0 Å². The van der Waals surface area contributed by atoms with Gasteiger partial charge in [-0.3, -0.25) is 0 Å². The molecule has 0 aromatic rings. The van der Waals surface area contributed by atoms with Crippen LogP contribution in [0.1, 0.15) is 13.3 Å². The predicted molar refractivity (Wildman–Crippen MR) is 242 cm³/mol. The van der Waals surface area contributed by atoms with Gasteiger partial charge in [0.15, 0.2) is 37.7 Å². The van der Waals surface area contributed by atoms with Crippen LogP contribution >= 0.6 is 0 Å². The van der Waals surface area contributed by atoms with E-state index in [-0.39, 0.29) is 6.61 Å². The summed E-state index contributed by atoms with van der Waals surface area (Å²) in [5.41, 5.74) is 0. The first-order valence-corrected chi connectivity index (χ1v) is 24.9. The highest BCUT2D eigenvalue weighted by atomic mass is 16.8. The number of hydrogen-bond acceptors (Lipinski definition) is 31. The maximum Gasteiger partial charge on any atom is 0.187 e. The molecule has 0 aliphatic carbocycles.